The number of fused-ring (bicyclic) bond motifs is 1. The van der Waals surface area contributed by atoms with Crippen LogP contribution in [0, 0.1) is 0 Å². The molecule has 2 rings (SSSR count). The molecular weight excluding hydrogens is 114 g/mol. The van der Waals surface area contributed by atoms with Gasteiger partial charge in [-0.2, -0.15) is 0 Å². The maximum Gasteiger partial charge on any atom is 0.172 e. The highest BCUT2D eigenvalue weighted by atomic mass is 15.3. The van der Waals surface area contributed by atoms with E-state index in [1.54, 1.807) is 6.20 Å². The highest BCUT2D eigenvalue weighted by molar-refractivity contribution is 5.71. The molecule has 3 heteroatoms. The fraction of sp³-hybridized carbons (Fsp3) is 0.167. The smallest absolute Gasteiger partial charge is 0.172 e. The Labute approximate surface area is 52.3 Å². The Bertz CT molecular complexity index is 317. The van der Waals surface area contributed by atoms with Crippen LogP contribution < -0.4 is 0 Å². The minimum Gasteiger partial charge on any atom is -0.293 e. The summed E-state index contributed by atoms with van der Waals surface area (Å²) in [6.45, 7) is 0. The summed E-state index contributed by atoms with van der Waals surface area (Å²) in [5.41, 5.74) is 2.14. The predicted molar refractivity (Wildman–Crippen MR) is 35.1 cm³/mol. The summed E-state index contributed by atoms with van der Waals surface area (Å²) in [5.74, 6) is 0. The molecule has 0 spiro atoms. The number of aromatic nitrogens is 3. The molecule has 0 aliphatic heterocycles. The van der Waals surface area contributed by atoms with Gasteiger partial charge in [0.1, 0.15) is 0 Å². The Morgan fingerprint density at radius 1 is 1.67 bits per heavy atom. The van der Waals surface area contributed by atoms with E-state index in [-0.39, 0.29) is 0 Å². The van der Waals surface area contributed by atoms with Crippen molar-refractivity contribution in [3.63, 3.8) is 0 Å². The van der Waals surface area contributed by atoms with E-state index >= 15 is 0 Å². The lowest BCUT2D eigenvalue weighted by Crippen LogP contribution is -2.06. The van der Waals surface area contributed by atoms with Crippen LogP contribution in [-0.2, 0) is 7.05 Å². The molecule has 2 aromatic rings. The van der Waals surface area contributed by atoms with Gasteiger partial charge in [0.05, 0.1) is 5.52 Å². The van der Waals surface area contributed by atoms with Crippen molar-refractivity contribution >= 4 is 11.2 Å². The van der Waals surface area contributed by atoms with Crippen LogP contribution in [0.25, 0.3) is 11.2 Å². The van der Waals surface area contributed by atoms with Gasteiger partial charge in [0.25, 0.3) is 0 Å². The number of hydrogen-bond donors (Lipinski definition) is 1. The van der Waals surface area contributed by atoms with E-state index in [1.807, 2.05) is 23.9 Å². The number of hydrogen-bond acceptors (Lipinski definition) is 1. The van der Waals surface area contributed by atoms with Crippen LogP contribution in [0.4, 0.5) is 0 Å². The van der Waals surface area contributed by atoms with Gasteiger partial charge >= 0.3 is 0 Å². The predicted octanol–water partition coefficient (Wildman–Crippen LogP) is 0.901. The molecule has 0 aromatic carbocycles. The van der Waals surface area contributed by atoms with E-state index < -0.39 is 0 Å². The molecule has 1 N–H and O–H groups in total. The van der Waals surface area contributed by atoms with Gasteiger partial charge in [0.15, 0.2) is 5.65 Å². The Balaban J connectivity index is 2.81. The van der Waals surface area contributed by atoms with Crippen molar-refractivity contribution in [3.8, 4) is 0 Å². The average Bonchev–Trinajstić information content (AvgIpc) is 1.86. The number of nitrogens with zero attached hydrogens (tertiary/aromatic N) is 2. The molecule has 0 bridgehead atoms. The van der Waals surface area contributed by atoms with Gasteiger partial charge < -0.3 is 0 Å². The lowest BCUT2D eigenvalue weighted by molar-refractivity contribution is 0.747. The second kappa shape index (κ2) is 1.37. The Hall–Kier alpha value is -1.25. The summed E-state index contributed by atoms with van der Waals surface area (Å²) >= 11 is 0. The Morgan fingerprint density at radius 3 is 3.11 bits per heavy atom. The topological polar surface area (TPSA) is 33.6 Å². The lowest BCUT2D eigenvalue weighted by Gasteiger charge is -2.08. The van der Waals surface area contributed by atoms with Crippen molar-refractivity contribution in [3.05, 3.63) is 18.3 Å². The molecule has 0 saturated carbocycles. The van der Waals surface area contributed by atoms with E-state index in [4.69, 9.17) is 0 Å². The fourth-order valence-corrected chi connectivity index (χ4v) is 0.932. The molecule has 2 heterocycles. The van der Waals surface area contributed by atoms with E-state index in [9.17, 15) is 0 Å². The number of rotatable bonds is 0. The minimum atomic E-state index is 1.03. The van der Waals surface area contributed by atoms with Gasteiger partial charge in [-0.15, -0.1) is 0 Å². The molecule has 0 atom stereocenters. The van der Waals surface area contributed by atoms with Gasteiger partial charge in [-0.25, -0.2) is 4.98 Å². The summed E-state index contributed by atoms with van der Waals surface area (Å²) in [6.07, 6.45) is 1.79. The zero-order valence-electron chi connectivity index (χ0n) is 5.13. The third kappa shape index (κ3) is 0.483. The Morgan fingerprint density at radius 2 is 2.56 bits per heavy atom. The number of H-pyrrole nitrogens is 1. The number of aromatic amines is 1. The maximum absolute atomic E-state index is 4.11. The first-order valence-electron chi connectivity index (χ1n) is 2.83. The van der Waals surface area contributed by atoms with Crippen LogP contribution in [0.5, 0.6) is 0 Å². The molecule has 0 fully saturated rings. The highest BCUT2D eigenvalue weighted by Gasteiger charge is 1.97. The molecular formula is C6H7N3. The van der Waals surface area contributed by atoms with Crippen molar-refractivity contribution < 1.29 is 0 Å². The Kier molecular flexibility index (Phi) is 0.704. The number of nitrogens with one attached hydrogen (secondary N) is 1. The fourth-order valence-electron chi connectivity index (χ4n) is 0.932. The average molecular weight is 121 g/mol. The van der Waals surface area contributed by atoms with Crippen molar-refractivity contribution in [2.45, 2.75) is 0 Å². The number of aryl methyl sites for hydroxylation is 1. The zero-order chi connectivity index (χ0) is 6.27. The van der Waals surface area contributed by atoms with Crippen molar-refractivity contribution in [1.82, 2.24) is 14.8 Å². The van der Waals surface area contributed by atoms with E-state index in [0.717, 1.165) is 11.2 Å². The first kappa shape index (κ1) is 4.61. The molecule has 2 aromatic heterocycles. The van der Waals surface area contributed by atoms with Gasteiger partial charge in [-0.05, 0) is 12.1 Å². The second-order valence-electron chi connectivity index (χ2n) is 2.05. The molecule has 3 nitrogen and oxygen atoms in total. The van der Waals surface area contributed by atoms with Gasteiger partial charge in [0.2, 0.25) is 0 Å². The number of pyridine rings is 1. The van der Waals surface area contributed by atoms with Crippen molar-refractivity contribution in [2.24, 2.45) is 7.05 Å². The third-order valence-corrected chi connectivity index (χ3v) is 1.39. The minimum absolute atomic E-state index is 1.03. The monoisotopic (exact) mass is 121 g/mol. The normalized spacial score (nSPS) is 10.8. The quantitative estimate of drug-likeness (QED) is 0.552. The first-order valence-corrected chi connectivity index (χ1v) is 2.83. The van der Waals surface area contributed by atoms with Crippen LogP contribution >= 0.6 is 0 Å². The first-order chi connectivity index (χ1) is 4.38. The summed E-state index contributed by atoms with van der Waals surface area (Å²) in [6, 6.07) is 3.92. The van der Waals surface area contributed by atoms with E-state index in [1.165, 1.54) is 0 Å². The van der Waals surface area contributed by atoms with Crippen LogP contribution in [0.15, 0.2) is 18.3 Å². The highest BCUT2D eigenvalue weighted by Crippen LogP contribution is 2.06. The molecule has 0 radical (unpaired) electrons. The second-order valence-corrected chi connectivity index (χ2v) is 2.05. The summed E-state index contributed by atoms with van der Waals surface area (Å²) in [4.78, 5) is 4.11. The molecule has 0 unspecified atom stereocenters. The third-order valence-electron chi connectivity index (χ3n) is 1.39. The van der Waals surface area contributed by atoms with Crippen LogP contribution in [-0.4, -0.2) is 14.8 Å². The van der Waals surface area contributed by atoms with Crippen LogP contribution in [0.3, 0.4) is 0 Å². The summed E-state index contributed by atoms with van der Waals surface area (Å²) in [7, 11) is 1.94. The largest absolute Gasteiger partial charge is 0.293 e. The van der Waals surface area contributed by atoms with E-state index in [2.05, 4.69) is 10.1 Å². The van der Waals surface area contributed by atoms with Crippen molar-refractivity contribution in [2.75, 3.05) is 0 Å². The molecule has 0 amide bonds. The molecule has 0 saturated heterocycles. The summed E-state index contributed by atoms with van der Waals surface area (Å²) in [5, 5.41) is 3.06. The molecule has 0 aliphatic carbocycles. The van der Waals surface area contributed by atoms with Crippen LogP contribution in [0.2, 0.25) is 0 Å². The zero-order valence-corrected chi connectivity index (χ0v) is 5.13. The molecule has 0 aliphatic rings. The van der Waals surface area contributed by atoms with Crippen LogP contribution in [0.1, 0.15) is 0 Å². The SMILES string of the molecule is Cn1[nH]c2cccnc21. The summed E-state index contributed by atoms with van der Waals surface area (Å²) < 4.78 is 1.88. The lowest BCUT2D eigenvalue weighted by atomic mass is 10.4. The maximum atomic E-state index is 4.11. The van der Waals surface area contributed by atoms with Crippen molar-refractivity contribution in [1.29, 1.82) is 0 Å². The molecule has 46 valence electrons. The van der Waals surface area contributed by atoms with E-state index in [0.29, 0.717) is 0 Å². The molecule has 9 heavy (non-hydrogen) atoms. The van der Waals surface area contributed by atoms with Gasteiger partial charge in [0, 0.05) is 13.2 Å². The van der Waals surface area contributed by atoms with Gasteiger partial charge in [-0.3, -0.25) is 9.78 Å². The van der Waals surface area contributed by atoms with Gasteiger partial charge in [-0.1, -0.05) is 0 Å². The standard InChI is InChI=1S/C6H7N3/c1-9-6-5(8-9)3-2-4-7-6/h2-4,8H,1H3.